The molecule has 1 aliphatic heterocycles. The average molecular weight is 280 g/mol. The number of rotatable bonds is 2. The first-order valence-electron chi connectivity index (χ1n) is 5.92. The lowest BCUT2D eigenvalue weighted by molar-refractivity contribution is -0.385. The van der Waals surface area contributed by atoms with Crippen LogP contribution in [-0.2, 0) is 4.79 Å². The quantitative estimate of drug-likeness (QED) is 0.544. The number of aromatic amines is 1. The molecule has 20 heavy (non-hydrogen) atoms. The van der Waals surface area contributed by atoms with E-state index >= 15 is 0 Å². The van der Waals surface area contributed by atoms with Crippen molar-refractivity contribution in [2.75, 3.05) is 19.6 Å². The Kier molecular flexibility index (Phi) is 3.78. The molecule has 1 aromatic heterocycles. The summed E-state index contributed by atoms with van der Waals surface area (Å²) in [6, 6.07) is 0.921. The van der Waals surface area contributed by atoms with Crippen molar-refractivity contribution in [1.29, 1.82) is 0 Å². The molecule has 0 aliphatic carbocycles. The monoisotopic (exact) mass is 280 g/mol. The fourth-order valence-electron chi connectivity index (χ4n) is 1.89. The van der Waals surface area contributed by atoms with Gasteiger partial charge in [-0.25, -0.2) is 0 Å². The van der Waals surface area contributed by atoms with Crippen LogP contribution >= 0.6 is 0 Å². The number of amides is 2. The summed E-state index contributed by atoms with van der Waals surface area (Å²) in [5.41, 5.74) is -1.44. The van der Waals surface area contributed by atoms with Crippen LogP contribution < -0.4 is 10.9 Å². The van der Waals surface area contributed by atoms with E-state index in [-0.39, 0.29) is 23.7 Å². The summed E-state index contributed by atoms with van der Waals surface area (Å²) in [6.45, 7) is 0.592. The van der Waals surface area contributed by atoms with Crippen molar-refractivity contribution in [3.63, 3.8) is 0 Å². The molecule has 0 unspecified atom stereocenters. The summed E-state index contributed by atoms with van der Waals surface area (Å²) in [6.07, 6.45) is 1.48. The van der Waals surface area contributed by atoms with Gasteiger partial charge in [-0.05, 0) is 6.42 Å². The Morgan fingerprint density at radius 3 is 2.85 bits per heavy atom. The summed E-state index contributed by atoms with van der Waals surface area (Å²) >= 11 is 0. The van der Waals surface area contributed by atoms with E-state index in [2.05, 4.69) is 10.3 Å². The van der Waals surface area contributed by atoms with Crippen LogP contribution in [0.5, 0.6) is 0 Å². The number of aromatic nitrogens is 1. The van der Waals surface area contributed by atoms with Gasteiger partial charge in [0.05, 0.1) is 17.7 Å². The molecule has 1 saturated heterocycles. The van der Waals surface area contributed by atoms with Crippen molar-refractivity contribution >= 4 is 17.5 Å². The molecule has 0 bridgehead atoms. The van der Waals surface area contributed by atoms with Gasteiger partial charge >= 0.3 is 0 Å². The molecule has 0 aromatic carbocycles. The molecular formula is C11H12N4O5. The van der Waals surface area contributed by atoms with Crippen molar-refractivity contribution in [3.05, 3.63) is 38.3 Å². The highest BCUT2D eigenvalue weighted by atomic mass is 16.6. The van der Waals surface area contributed by atoms with E-state index in [1.165, 1.54) is 4.90 Å². The molecule has 1 aliphatic rings. The third-order valence-electron chi connectivity index (χ3n) is 2.88. The molecule has 9 heteroatoms. The van der Waals surface area contributed by atoms with Crippen LogP contribution in [0, 0.1) is 10.1 Å². The largest absolute Gasteiger partial charge is 0.354 e. The molecule has 0 saturated carbocycles. The van der Waals surface area contributed by atoms with E-state index in [1.807, 2.05) is 0 Å². The van der Waals surface area contributed by atoms with Crippen LogP contribution in [0.25, 0.3) is 0 Å². The Bertz CT molecular complexity index is 623. The van der Waals surface area contributed by atoms with Gasteiger partial charge < -0.3 is 15.2 Å². The lowest BCUT2D eigenvalue weighted by Crippen LogP contribution is -2.39. The Labute approximate surface area is 112 Å². The van der Waals surface area contributed by atoms with Crippen molar-refractivity contribution in [3.8, 4) is 0 Å². The van der Waals surface area contributed by atoms with Crippen LogP contribution in [0.15, 0.2) is 17.1 Å². The second-order valence-electron chi connectivity index (χ2n) is 4.29. The van der Waals surface area contributed by atoms with E-state index in [0.717, 1.165) is 12.3 Å². The standard InChI is InChI=1S/C11H12N4O5/c16-9-6-14(3-1-2-12-9)11(18)8-4-7(15(19)20)5-13-10(8)17/h4-5H,1-3,6H2,(H,12,16)(H,13,17). The minimum Gasteiger partial charge on any atom is -0.354 e. The first-order valence-corrected chi connectivity index (χ1v) is 5.92. The SMILES string of the molecule is O=C1CN(C(=O)c2cc([N+](=O)[O-])c[nH]c2=O)CCCN1. The Balaban J connectivity index is 2.32. The van der Waals surface area contributed by atoms with E-state index in [4.69, 9.17) is 0 Å². The zero-order chi connectivity index (χ0) is 14.7. The van der Waals surface area contributed by atoms with Gasteiger partial charge in [0, 0.05) is 19.2 Å². The van der Waals surface area contributed by atoms with Crippen LogP contribution in [0.1, 0.15) is 16.8 Å². The molecule has 2 amide bonds. The zero-order valence-electron chi connectivity index (χ0n) is 10.4. The van der Waals surface area contributed by atoms with Gasteiger partial charge in [-0.1, -0.05) is 0 Å². The number of hydrogen-bond donors (Lipinski definition) is 2. The van der Waals surface area contributed by atoms with Crippen molar-refractivity contribution in [1.82, 2.24) is 15.2 Å². The molecule has 1 fully saturated rings. The maximum Gasteiger partial charge on any atom is 0.286 e. The highest BCUT2D eigenvalue weighted by Gasteiger charge is 2.24. The van der Waals surface area contributed by atoms with Gasteiger partial charge in [0.1, 0.15) is 5.56 Å². The van der Waals surface area contributed by atoms with Gasteiger partial charge in [0.15, 0.2) is 0 Å². The van der Waals surface area contributed by atoms with Gasteiger partial charge in [0.2, 0.25) is 5.91 Å². The van der Waals surface area contributed by atoms with Gasteiger partial charge in [-0.3, -0.25) is 24.5 Å². The Hall–Kier alpha value is -2.71. The van der Waals surface area contributed by atoms with Crippen LogP contribution in [-0.4, -0.2) is 46.3 Å². The lowest BCUT2D eigenvalue weighted by Gasteiger charge is -2.18. The normalized spacial score (nSPS) is 15.4. The first kappa shape index (κ1) is 13.7. The number of H-pyrrole nitrogens is 1. The molecule has 2 N–H and O–H groups in total. The van der Waals surface area contributed by atoms with Gasteiger partial charge in [-0.15, -0.1) is 0 Å². The van der Waals surface area contributed by atoms with Crippen LogP contribution in [0.4, 0.5) is 5.69 Å². The lowest BCUT2D eigenvalue weighted by atomic mass is 10.2. The predicted octanol–water partition coefficient (Wildman–Crippen LogP) is -0.755. The van der Waals surface area contributed by atoms with E-state index < -0.39 is 16.4 Å². The summed E-state index contributed by atoms with van der Waals surface area (Å²) in [7, 11) is 0. The molecule has 0 atom stereocenters. The summed E-state index contributed by atoms with van der Waals surface area (Å²) in [4.78, 5) is 48.5. The Morgan fingerprint density at radius 1 is 1.40 bits per heavy atom. The second-order valence-corrected chi connectivity index (χ2v) is 4.29. The summed E-state index contributed by atoms with van der Waals surface area (Å²) < 4.78 is 0. The summed E-state index contributed by atoms with van der Waals surface area (Å²) in [5.74, 6) is -1.01. The molecule has 0 spiro atoms. The number of nitrogens with zero attached hydrogens (tertiary/aromatic N) is 2. The van der Waals surface area contributed by atoms with Gasteiger partial charge in [0.25, 0.3) is 17.2 Å². The molecular weight excluding hydrogens is 268 g/mol. The fraction of sp³-hybridized carbons (Fsp3) is 0.364. The average Bonchev–Trinajstić information content (AvgIpc) is 2.63. The minimum atomic E-state index is -0.717. The fourth-order valence-corrected chi connectivity index (χ4v) is 1.89. The highest BCUT2D eigenvalue weighted by Crippen LogP contribution is 2.11. The smallest absolute Gasteiger partial charge is 0.286 e. The van der Waals surface area contributed by atoms with E-state index in [9.17, 15) is 24.5 Å². The van der Waals surface area contributed by atoms with Crippen LogP contribution in [0.2, 0.25) is 0 Å². The Morgan fingerprint density at radius 2 is 2.15 bits per heavy atom. The summed E-state index contributed by atoms with van der Waals surface area (Å²) in [5, 5.41) is 13.3. The molecule has 1 aromatic rings. The maximum absolute atomic E-state index is 12.2. The predicted molar refractivity (Wildman–Crippen MR) is 67.2 cm³/mol. The number of carbonyl (C=O) groups is 2. The van der Waals surface area contributed by atoms with E-state index in [1.54, 1.807) is 0 Å². The highest BCUT2D eigenvalue weighted by molar-refractivity contribution is 5.96. The third-order valence-corrected chi connectivity index (χ3v) is 2.88. The number of nitrogens with one attached hydrogen (secondary N) is 2. The topological polar surface area (TPSA) is 125 Å². The van der Waals surface area contributed by atoms with Gasteiger partial charge in [-0.2, -0.15) is 0 Å². The molecule has 2 rings (SSSR count). The molecule has 106 valence electrons. The van der Waals surface area contributed by atoms with Crippen molar-refractivity contribution < 1.29 is 14.5 Å². The van der Waals surface area contributed by atoms with Crippen LogP contribution in [0.3, 0.4) is 0 Å². The van der Waals surface area contributed by atoms with Crippen molar-refractivity contribution in [2.45, 2.75) is 6.42 Å². The third kappa shape index (κ3) is 2.82. The maximum atomic E-state index is 12.2. The molecule has 9 nitrogen and oxygen atoms in total. The molecule has 2 heterocycles. The molecule has 0 radical (unpaired) electrons. The number of carbonyl (C=O) groups excluding carboxylic acids is 2. The minimum absolute atomic E-state index is 0.166. The number of hydrogen-bond acceptors (Lipinski definition) is 5. The second kappa shape index (κ2) is 5.51. The zero-order valence-corrected chi connectivity index (χ0v) is 10.4. The number of nitro groups is 1. The van der Waals surface area contributed by atoms with E-state index in [0.29, 0.717) is 19.5 Å². The number of pyridine rings is 1. The van der Waals surface area contributed by atoms with Crippen molar-refractivity contribution in [2.24, 2.45) is 0 Å². The first-order chi connectivity index (χ1) is 9.49.